The number of carbonyl (C=O) groups excluding carboxylic acids is 3. The van der Waals surface area contributed by atoms with E-state index in [1.165, 1.54) is 27.4 Å². The molecule has 0 aromatic heterocycles. The molecule has 0 saturated carbocycles. The molecule has 8 heteroatoms. The third-order valence-corrected chi connectivity index (χ3v) is 5.72. The number of hydrogen-bond donors (Lipinski definition) is 1. The summed E-state index contributed by atoms with van der Waals surface area (Å²) in [6.07, 6.45) is 1.06. The van der Waals surface area contributed by atoms with Gasteiger partial charge < -0.3 is 24.4 Å². The zero-order valence-corrected chi connectivity index (χ0v) is 18.8. The van der Waals surface area contributed by atoms with Crippen LogP contribution >= 0.6 is 0 Å². The van der Waals surface area contributed by atoms with Gasteiger partial charge in [0.2, 0.25) is 5.91 Å². The van der Waals surface area contributed by atoms with Gasteiger partial charge in [0.15, 0.2) is 11.5 Å². The number of likely N-dealkylation sites (tertiary alicyclic amines) is 1. The monoisotopic (exact) mass is 440 g/mol. The highest BCUT2D eigenvalue weighted by Crippen LogP contribution is 2.34. The van der Waals surface area contributed by atoms with Gasteiger partial charge in [0.25, 0.3) is 5.91 Å². The lowest BCUT2D eigenvalue weighted by Gasteiger charge is -2.32. The van der Waals surface area contributed by atoms with E-state index in [0.717, 1.165) is 5.56 Å². The van der Waals surface area contributed by atoms with E-state index in [-0.39, 0.29) is 29.0 Å². The number of ether oxygens (including phenoxy) is 3. The average molecular weight is 440 g/mol. The van der Waals surface area contributed by atoms with Gasteiger partial charge in [-0.1, -0.05) is 18.2 Å². The van der Waals surface area contributed by atoms with Crippen LogP contribution in [0.2, 0.25) is 0 Å². The van der Waals surface area contributed by atoms with Crippen molar-refractivity contribution in [2.24, 2.45) is 5.92 Å². The Labute approximate surface area is 187 Å². The third kappa shape index (κ3) is 4.85. The maximum atomic E-state index is 12.9. The van der Waals surface area contributed by atoms with Crippen molar-refractivity contribution in [3.05, 3.63) is 53.1 Å². The van der Waals surface area contributed by atoms with Crippen molar-refractivity contribution in [1.29, 1.82) is 0 Å². The van der Waals surface area contributed by atoms with Crippen LogP contribution in [0.5, 0.6) is 11.5 Å². The molecule has 170 valence electrons. The van der Waals surface area contributed by atoms with Gasteiger partial charge in [0, 0.05) is 36.7 Å². The highest BCUT2D eigenvalue weighted by molar-refractivity contribution is 6.03. The number of rotatable bonds is 6. The van der Waals surface area contributed by atoms with Crippen molar-refractivity contribution in [2.75, 3.05) is 39.7 Å². The Hall–Kier alpha value is -3.55. The minimum absolute atomic E-state index is 0.0187. The average Bonchev–Trinajstić information content (AvgIpc) is 2.83. The number of amides is 2. The number of carbonyl (C=O) groups is 3. The Kier molecular flexibility index (Phi) is 7.35. The van der Waals surface area contributed by atoms with Crippen molar-refractivity contribution in [2.45, 2.75) is 19.8 Å². The highest BCUT2D eigenvalue weighted by Gasteiger charge is 2.29. The summed E-state index contributed by atoms with van der Waals surface area (Å²) in [5.74, 6) is -0.377. The molecule has 2 aromatic rings. The standard InChI is InChI=1S/C24H28N2O6/c1-15-7-5-6-8-17(15)23(28)26-11-9-16(10-12-26)22(27)25-19-14-21(31-3)20(30-2)13-18(19)24(29)32-4/h5-8,13-14,16H,9-12H2,1-4H3,(H,25,27). The van der Waals surface area contributed by atoms with Crippen LogP contribution in [0.15, 0.2) is 36.4 Å². The number of anilines is 1. The molecule has 3 rings (SSSR count). The molecule has 0 bridgehead atoms. The smallest absolute Gasteiger partial charge is 0.340 e. The maximum Gasteiger partial charge on any atom is 0.340 e. The van der Waals surface area contributed by atoms with Gasteiger partial charge in [-0.05, 0) is 31.4 Å². The van der Waals surface area contributed by atoms with Crippen LogP contribution < -0.4 is 14.8 Å². The summed E-state index contributed by atoms with van der Waals surface area (Å²) in [5.41, 5.74) is 2.08. The maximum absolute atomic E-state index is 12.9. The molecule has 0 unspecified atom stereocenters. The topological polar surface area (TPSA) is 94.2 Å². The minimum atomic E-state index is -0.597. The van der Waals surface area contributed by atoms with Gasteiger partial charge >= 0.3 is 5.97 Å². The van der Waals surface area contributed by atoms with E-state index in [0.29, 0.717) is 43.0 Å². The quantitative estimate of drug-likeness (QED) is 0.693. The fourth-order valence-corrected chi connectivity index (χ4v) is 3.82. The molecular weight excluding hydrogens is 412 g/mol. The Balaban J connectivity index is 1.70. The van der Waals surface area contributed by atoms with Crippen molar-refractivity contribution in [1.82, 2.24) is 4.90 Å². The molecule has 0 aliphatic carbocycles. The summed E-state index contributed by atoms with van der Waals surface area (Å²) >= 11 is 0. The van der Waals surface area contributed by atoms with Gasteiger partial charge in [-0.3, -0.25) is 9.59 Å². The van der Waals surface area contributed by atoms with E-state index in [2.05, 4.69) is 5.32 Å². The number of piperidine rings is 1. The van der Waals surface area contributed by atoms with E-state index < -0.39 is 5.97 Å². The Morgan fingerprint density at radius 3 is 2.16 bits per heavy atom. The molecule has 1 saturated heterocycles. The number of esters is 1. The van der Waals surface area contributed by atoms with Crippen LogP contribution in [0.4, 0.5) is 5.69 Å². The molecule has 1 fully saturated rings. The second-order valence-corrected chi connectivity index (χ2v) is 7.62. The van der Waals surface area contributed by atoms with Crippen molar-refractivity contribution < 1.29 is 28.6 Å². The first-order valence-electron chi connectivity index (χ1n) is 10.4. The van der Waals surface area contributed by atoms with Crippen LogP contribution in [0.25, 0.3) is 0 Å². The van der Waals surface area contributed by atoms with E-state index in [9.17, 15) is 14.4 Å². The molecule has 2 aromatic carbocycles. The van der Waals surface area contributed by atoms with Crippen LogP contribution in [0.3, 0.4) is 0 Å². The number of methoxy groups -OCH3 is 3. The van der Waals surface area contributed by atoms with E-state index in [4.69, 9.17) is 14.2 Å². The van der Waals surface area contributed by atoms with Gasteiger partial charge in [-0.2, -0.15) is 0 Å². The predicted octanol–water partition coefficient (Wildman–Crippen LogP) is 3.29. The second-order valence-electron chi connectivity index (χ2n) is 7.62. The zero-order chi connectivity index (χ0) is 23.3. The second kappa shape index (κ2) is 10.2. The Bertz CT molecular complexity index is 1010. The SMILES string of the molecule is COC(=O)c1cc(OC)c(OC)cc1NC(=O)C1CCN(C(=O)c2ccccc2C)CC1. The van der Waals surface area contributed by atoms with Gasteiger partial charge in [0.05, 0.1) is 32.6 Å². The lowest BCUT2D eigenvalue weighted by molar-refractivity contribution is -0.121. The van der Waals surface area contributed by atoms with Crippen LogP contribution in [0, 0.1) is 12.8 Å². The Morgan fingerprint density at radius 1 is 0.938 bits per heavy atom. The van der Waals surface area contributed by atoms with Crippen molar-refractivity contribution >= 4 is 23.5 Å². The summed E-state index contributed by atoms with van der Waals surface area (Å²) in [4.78, 5) is 39.8. The molecule has 0 radical (unpaired) electrons. The van der Waals surface area contributed by atoms with E-state index in [1.54, 1.807) is 11.0 Å². The number of hydrogen-bond acceptors (Lipinski definition) is 6. The summed E-state index contributed by atoms with van der Waals surface area (Å²) in [6.45, 7) is 2.89. The predicted molar refractivity (Wildman–Crippen MR) is 119 cm³/mol. The first-order chi connectivity index (χ1) is 15.4. The number of nitrogens with one attached hydrogen (secondary N) is 1. The summed E-state index contributed by atoms with van der Waals surface area (Å²) in [5, 5.41) is 2.83. The third-order valence-electron chi connectivity index (χ3n) is 5.72. The first kappa shape index (κ1) is 23.1. The van der Waals surface area contributed by atoms with Gasteiger partial charge in [-0.15, -0.1) is 0 Å². The largest absolute Gasteiger partial charge is 0.493 e. The zero-order valence-electron chi connectivity index (χ0n) is 18.8. The molecule has 8 nitrogen and oxygen atoms in total. The lowest BCUT2D eigenvalue weighted by Crippen LogP contribution is -2.41. The van der Waals surface area contributed by atoms with Crippen molar-refractivity contribution in [3.63, 3.8) is 0 Å². The molecule has 0 atom stereocenters. The minimum Gasteiger partial charge on any atom is -0.493 e. The summed E-state index contributed by atoms with van der Waals surface area (Å²) in [6, 6.07) is 10.5. The molecule has 1 aliphatic heterocycles. The van der Waals surface area contributed by atoms with Crippen molar-refractivity contribution in [3.8, 4) is 11.5 Å². The molecule has 32 heavy (non-hydrogen) atoms. The van der Waals surface area contributed by atoms with E-state index in [1.807, 2.05) is 31.2 Å². The normalized spacial score (nSPS) is 13.9. The number of nitrogens with zero attached hydrogens (tertiary/aromatic N) is 1. The summed E-state index contributed by atoms with van der Waals surface area (Å²) < 4.78 is 15.4. The lowest BCUT2D eigenvalue weighted by atomic mass is 9.94. The Morgan fingerprint density at radius 2 is 1.56 bits per heavy atom. The number of aryl methyl sites for hydroxylation is 1. The van der Waals surface area contributed by atoms with E-state index >= 15 is 0 Å². The van der Waals surface area contributed by atoms with Gasteiger partial charge in [-0.25, -0.2) is 4.79 Å². The van der Waals surface area contributed by atoms with Gasteiger partial charge in [0.1, 0.15) is 0 Å². The summed E-state index contributed by atoms with van der Waals surface area (Å²) in [7, 11) is 4.21. The van der Waals surface area contributed by atoms with Crippen LogP contribution in [0.1, 0.15) is 39.1 Å². The first-order valence-corrected chi connectivity index (χ1v) is 10.4. The van der Waals surface area contributed by atoms with Crippen LogP contribution in [-0.4, -0.2) is 57.1 Å². The molecule has 0 spiro atoms. The molecule has 1 aliphatic rings. The van der Waals surface area contributed by atoms with Crippen LogP contribution in [-0.2, 0) is 9.53 Å². The molecule has 1 heterocycles. The molecule has 1 N–H and O–H groups in total. The molecule has 2 amide bonds. The number of benzene rings is 2. The fourth-order valence-electron chi connectivity index (χ4n) is 3.82. The highest BCUT2D eigenvalue weighted by atomic mass is 16.5. The fraction of sp³-hybridized carbons (Fsp3) is 0.375. The molecular formula is C24H28N2O6.